The smallest absolute Gasteiger partial charge is 0.123 e. The van der Waals surface area contributed by atoms with Gasteiger partial charge in [0.2, 0.25) is 0 Å². The van der Waals surface area contributed by atoms with E-state index in [4.69, 9.17) is 0 Å². The summed E-state index contributed by atoms with van der Waals surface area (Å²) >= 11 is 0. The highest BCUT2D eigenvalue weighted by Crippen LogP contribution is 2.34. The number of rotatable bonds is 0. The van der Waals surface area contributed by atoms with Crippen LogP contribution in [0, 0.1) is 12.7 Å². The molecule has 1 aliphatic carbocycles. The molecule has 80 valence electrons. The second-order valence-corrected chi connectivity index (χ2v) is 4.46. The fourth-order valence-corrected chi connectivity index (χ4v) is 2.49. The topological polar surface area (TPSA) is 0 Å². The van der Waals surface area contributed by atoms with Crippen LogP contribution >= 0.6 is 0 Å². The number of fused-ring (bicyclic) bond motifs is 3. The molecule has 0 aromatic heterocycles. The zero-order valence-electron chi connectivity index (χ0n) is 9.26. The lowest BCUT2D eigenvalue weighted by Gasteiger charge is -2.20. The van der Waals surface area contributed by atoms with E-state index in [-0.39, 0.29) is 5.82 Å². The first-order valence-corrected chi connectivity index (χ1v) is 5.62. The molecule has 3 rings (SSSR count). The van der Waals surface area contributed by atoms with E-state index in [0.29, 0.717) is 0 Å². The van der Waals surface area contributed by atoms with E-state index >= 15 is 0 Å². The van der Waals surface area contributed by atoms with E-state index in [1.165, 1.54) is 22.3 Å². The van der Waals surface area contributed by atoms with Crippen molar-refractivity contribution in [2.75, 3.05) is 0 Å². The van der Waals surface area contributed by atoms with Gasteiger partial charge in [-0.15, -0.1) is 0 Å². The minimum absolute atomic E-state index is 0.130. The first-order valence-electron chi connectivity index (χ1n) is 5.62. The maximum atomic E-state index is 13.1. The Bertz CT molecular complexity index is 504. The molecule has 2 aromatic rings. The molecule has 0 atom stereocenters. The van der Waals surface area contributed by atoms with Crippen molar-refractivity contribution in [1.29, 1.82) is 0 Å². The molecule has 0 unspecified atom stereocenters. The van der Waals surface area contributed by atoms with Crippen molar-refractivity contribution in [1.82, 2.24) is 0 Å². The number of benzene rings is 2. The van der Waals surface area contributed by atoms with Gasteiger partial charge in [-0.2, -0.15) is 0 Å². The third-order valence-electron chi connectivity index (χ3n) is 3.28. The molecule has 0 heterocycles. The van der Waals surface area contributed by atoms with Gasteiger partial charge in [0, 0.05) is 0 Å². The molecular weight excluding hydrogens is 199 g/mol. The van der Waals surface area contributed by atoms with Crippen molar-refractivity contribution in [3.05, 3.63) is 58.9 Å². The van der Waals surface area contributed by atoms with E-state index < -0.39 is 0 Å². The quantitative estimate of drug-likeness (QED) is 0.621. The van der Waals surface area contributed by atoms with Crippen molar-refractivity contribution in [2.24, 2.45) is 0 Å². The van der Waals surface area contributed by atoms with Gasteiger partial charge in [0.1, 0.15) is 5.82 Å². The Morgan fingerprint density at radius 1 is 0.875 bits per heavy atom. The van der Waals surface area contributed by atoms with Crippen LogP contribution in [0.5, 0.6) is 0 Å². The third kappa shape index (κ3) is 1.44. The largest absolute Gasteiger partial charge is 0.207 e. The van der Waals surface area contributed by atoms with Crippen molar-refractivity contribution in [3.63, 3.8) is 0 Å². The van der Waals surface area contributed by atoms with Crippen LogP contribution in [0.15, 0.2) is 36.4 Å². The molecule has 0 saturated heterocycles. The van der Waals surface area contributed by atoms with Crippen LogP contribution < -0.4 is 0 Å². The summed E-state index contributed by atoms with van der Waals surface area (Å²) in [5, 5.41) is 0. The Morgan fingerprint density at radius 3 is 2.25 bits per heavy atom. The van der Waals surface area contributed by atoms with Gasteiger partial charge in [0.15, 0.2) is 0 Å². The predicted molar refractivity (Wildman–Crippen MR) is 64.0 cm³/mol. The van der Waals surface area contributed by atoms with Crippen molar-refractivity contribution < 1.29 is 4.39 Å². The fraction of sp³-hybridized carbons (Fsp3) is 0.200. The molecule has 16 heavy (non-hydrogen) atoms. The standard InChI is InChI=1S/C15H13F/c1-10-2-6-14-11(8-10)3-4-12-9-13(16)5-7-15(12)14/h2,5-9H,3-4H2,1H3. The van der Waals surface area contributed by atoms with Crippen LogP contribution in [-0.4, -0.2) is 0 Å². The predicted octanol–water partition coefficient (Wildman–Crippen LogP) is 3.90. The van der Waals surface area contributed by atoms with E-state index in [1.807, 2.05) is 6.07 Å². The summed E-state index contributed by atoms with van der Waals surface area (Å²) < 4.78 is 13.1. The Balaban J connectivity index is 2.23. The van der Waals surface area contributed by atoms with Crippen LogP contribution in [-0.2, 0) is 12.8 Å². The normalized spacial score (nSPS) is 13.1. The second kappa shape index (κ2) is 3.44. The van der Waals surface area contributed by atoms with Gasteiger partial charge in [-0.1, -0.05) is 29.8 Å². The average molecular weight is 212 g/mol. The monoisotopic (exact) mass is 212 g/mol. The van der Waals surface area contributed by atoms with Crippen molar-refractivity contribution in [2.45, 2.75) is 19.8 Å². The van der Waals surface area contributed by atoms with E-state index in [2.05, 4.69) is 25.1 Å². The van der Waals surface area contributed by atoms with Gasteiger partial charge in [-0.05, 0) is 54.2 Å². The van der Waals surface area contributed by atoms with Crippen LogP contribution in [0.4, 0.5) is 4.39 Å². The molecule has 1 heteroatoms. The van der Waals surface area contributed by atoms with E-state index in [0.717, 1.165) is 18.4 Å². The fourth-order valence-electron chi connectivity index (χ4n) is 2.49. The molecule has 0 amide bonds. The minimum atomic E-state index is -0.130. The van der Waals surface area contributed by atoms with Crippen molar-refractivity contribution in [3.8, 4) is 11.1 Å². The van der Waals surface area contributed by atoms with Gasteiger partial charge in [-0.25, -0.2) is 4.39 Å². The minimum Gasteiger partial charge on any atom is -0.207 e. The lowest BCUT2D eigenvalue weighted by Crippen LogP contribution is -2.04. The Labute approximate surface area is 94.7 Å². The molecule has 0 radical (unpaired) electrons. The van der Waals surface area contributed by atoms with Gasteiger partial charge in [0.25, 0.3) is 0 Å². The lowest BCUT2D eigenvalue weighted by molar-refractivity contribution is 0.625. The van der Waals surface area contributed by atoms with Gasteiger partial charge in [-0.3, -0.25) is 0 Å². The zero-order valence-corrected chi connectivity index (χ0v) is 9.26. The highest BCUT2D eigenvalue weighted by atomic mass is 19.1. The summed E-state index contributed by atoms with van der Waals surface area (Å²) in [6, 6.07) is 11.6. The number of aryl methyl sites for hydroxylation is 3. The van der Waals surface area contributed by atoms with Crippen LogP contribution in [0.1, 0.15) is 16.7 Å². The second-order valence-electron chi connectivity index (χ2n) is 4.46. The summed E-state index contributed by atoms with van der Waals surface area (Å²) in [7, 11) is 0. The molecule has 0 aliphatic heterocycles. The zero-order chi connectivity index (χ0) is 11.1. The lowest BCUT2D eigenvalue weighted by atomic mass is 9.85. The molecule has 0 spiro atoms. The molecule has 0 saturated carbocycles. The first kappa shape index (κ1) is 9.59. The van der Waals surface area contributed by atoms with Crippen molar-refractivity contribution >= 4 is 0 Å². The molecule has 1 aliphatic rings. The molecule has 2 aromatic carbocycles. The third-order valence-corrected chi connectivity index (χ3v) is 3.28. The first-order chi connectivity index (χ1) is 7.74. The molecule has 0 bridgehead atoms. The number of hydrogen-bond donors (Lipinski definition) is 0. The summed E-state index contributed by atoms with van der Waals surface area (Å²) in [6.07, 6.45) is 1.97. The summed E-state index contributed by atoms with van der Waals surface area (Å²) in [6.45, 7) is 2.11. The highest BCUT2D eigenvalue weighted by molar-refractivity contribution is 5.73. The molecule has 0 nitrogen and oxygen atoms in total. The Morgan fingerprint density at radius 2 is 1.50 bits per heavy atom. The van der Waals surface area contributed by atoms with Crippen LogP contribution in [0.2, 0.25) is 0 Å². The highest BCUT2D eigenvalue weighted by Gasteiger charge is 2.15. The molecule has 0 N–H and O–H groups in total. The SMILES string of the molecule is Cc1ccc2c(c1)CCc1cc(F)ccc1-2. The summed E-state index contributed by atoms with van der Waals surface area (Å²) in [5.74, 6) is -0.130. The van der Waals surface area contributed by atoms with E-state index in [9.17, 15) is 4.39 Å². The molecular formula is C15H13F. The average Bonchev–Trinajstić information content (AvgIpc) is 2.28. The van der Waals surface area contributed by atoms with Gasteiger partial charge < -0.3 is 0 Å². The van der Waals surface area contributed by atoms with Gasteiger partial charge in [0.05, 0.1) is 0 Å². The van der Waals surface area contributed by atoms with Crippen LogP contribution in [0.3, 0.4) is 0 Å². The maximum absolute atomic E-state index is 13.1. The maximum Gasteiger partial charge on any atom is 0.123 e. The number of hydrogen-bond acceptors (Lipinski definition) is 0. The molecule has 0 fully saturated rings. The van der Waals surface area contributed by atoms with Gasteiger partial charge >= 0.3 is 0 Å². The van der Waals surface area contributed by atoms with Crippen LogP contribution in [0.25, 0.3) is 11.1 Å². The van der Waals surface area contributed by atoms with E-state index in [1.54, 1.807) is 12.1 Å². The number of halogens is 1. The Hall–Kier alpha value is -1.63. The summed E-state index contributed by atoms with van der Waals surface area (Å²) in [5.41, 5.74) is 6.29. The Kier molecular flexibility index (Phi) is 2.06. The summed E-state index contributed by atoms with van der Waals surface area (Å²) in [4.78, 5) is 0.